The Kier molecular flexibility index (Phi) is 5.20. The molecule has 1 atom stereocenters. The minimum Gasteiger partial charge on any atom is -0.399 e. The van der Waals surface area contributed by atoms with E-state index in [1.165, 1.54) is 10.6 Å². The number of amides is 3. The van der Waals surface area contributed by atoms with Crippen LogP contribution in [0.25, 0.3) is 0 Å². The van der Waals surface area contributed by atoms with E-state index in [0.717, 1.165) is 70.6 Å². The van der Waals surface area contributed by atoms with E-state index < -0.39 is 0 Å². The molecule has 0 bridgehead atoms. The van der Waals surface area contributed by atoms with Crippen LogP contribution >= 0.6 is 0 Å². The molecule has 3 aliphatic heterocycles. The number of hydrogen-bond acceptors (Lipinski definition) is 5. The van der Waals surface area contributed by atoms with E-state index in [9.17, 15) is 9.59 Å². The number of unbranched alkanes of at least 4 members (excludes halogenated alkanes) is 1. The molecule has 3 fully saturated rings. The SMILES string of the molecule is Nc1ccc(N2CCN(CCCCN3C(=O)[C@@H]4CCCN4C3=O)CC2)cc1. The van der Waals surface area contributed by atoms with E-state index in [0.29, 0.717) is 6.54 Å². The molecule has 0 radical (unpaired) electrons. The van der Waals surface area contributed by atoms with Crippen LogP contribution < -0.4 is 10.6 Å². The highest BCUT2D eigenvalue weighted by atomic mass is 16.2. The summed E-state index contributed by atoms with van der Waals surface area (Å²) in [6.07, 6.45) is 3.69. The first-order valence-electron chi connectivity index (χ1n) is 10.1. The predicted molar refractivity (Wildman–Crippen MR) is 106 cm³/mol. The molecule has 3 saturated heterocycles. The van der Waals surface area contributed by atoms with Gasteiger partial charge in [-0.2, -0.15) is 0 Å². The first kappa shape index (κ1) is 18.1. The van der Waals surface area contributed by atoms with Gasteiger partial charge in [-0.25, -0.2) is 4.79 Å². The largest absolute Gasteiger partial charge is 0.399 e. The number of nitrogen functional groups attached to an aromatic ring is 1. The summed E-state index contributed by atoms with van der Waals surface area (Å²) >= 11 is 0. The molecular formula is C20H29N5O2. The number of rotatable bonds is 6. The monoisotopic (exact) mass is 371 g/mol. The number of carbonyl (C=O) groups excluding carboxylic acids is 2. The summed E-state index contributed by atoms with van der Waals surface area (Å²) in [4.78, 5) is 32.7. The maximum Gasteiger partial charge on any atom is 0.327 e. The Balaban J connectivity index is 1.16. The van der Waals surface area contributed by atoms with E-state index in [-0.39, 0.29) is 18.0 Å². The molecule has 0 spiro atoms. The lowest BCUT2D eigenvalue weighted by molar-refractivity contribution is -0.128. The van der Waals surface area contributed by atoms with Gasteiger partial charge in [0.25, 0.3) is 5.91 Å². The highest BCUT2D eigenvalue weighted by Crippen LogP contribution is 2.27. The minimum atomic E-state index is -0.168. The molecule has 0 aliphatic carbocycles. The van der Waals surface area contributed by atoms with Gasteiger partial charge >= 0.3 is 6.03 Å². The van der Waals surface area contributed by atoms with Gasteiger partial charge in [0.2, 0.25) is 0 Å². The van der Waals surface area contributed by atoms with Crippen molar-refractivity contribution in [3.63, 3.8) is 0 Å². The van der Waals surface area contributed by atoms with Crippen molar-refractivity contribution in [3.05, 3.63) is 24.3 Å². The molecule has 0 unspecified atom stereocenters. The third-order valence-electron chi connectivity index (χ3n) is 6.02. The number of urea groups is 1. The van der Waals surface area contributed by atoms with Crippen molar-refractivity contribution in [3.8, 4) is 0 Å². The molecule has 4 rings (SSSR count). The van der Waals surface area contributed by atoms with E-state index in [1.54, 1.807) is 4.90 Å². The van der Waals surface area contributed by atoms with Gasteiger partial charge in [-0.05, 0) is 56.5 Å². The van der Waals surface area contributed by atoms with E-state index >= 15 is 0 Å². The number of carbonyl (C=O) groups is 2. The molecule has 7 heteroatoms. The molecule has 3 heterocycles. The number of imide groups is 1. The van der Waals surface area contributed by atoms with Crippen molar-refractivity contribution in [1.82, 2.24) is 14.7 Å². The Hall–Kier alpha value is -2.28. The molecule has 0 aromatic heterocycles. The standard InChI is InChI=1S/C20H29N5O2/c21-16-5-7-17(8-6-16)23-14-12-22(13-15-23)9-1-2-10-25-19(26)18-4-3-11-24(18)20(25)27/h5-8,18H,1-4,9-15,21H2/t18-/m0/s1. The zero-order chi connectivity index (χ0) is 18.8. The highest BCUT2D eigenvalue weighted by Gasteiger charge is 2.46. The summed E-state index contributed by atoms with van der Waals surface area (Å²) in [5, 5.41) is 0. The number of hydrogen-bond donors (Lipinski definition) is 1. The molecule has 3 amide bonds. The van der Waals surface area contributed by atoms with Gasteiger partial charge in [0.15, 0.2) is 0 Å². The van der Waals surface area contributed by atoms with Crippen molar-refractivity contribution in [2.45, 2.75) is 31.7 Å². The number of fused-ring (bicyclic) bond motifs is 1. The summed E-state index contributed by atoms with van der Waals surface area (Å²) in [6, 6.07) is 7.83. The lowest BCUT2D eigenvalue weighted by Crippen LogP contribution is -2.46. The van der Waals surface area contributed by atoms with Gasteiger partial charge in [0.05, 0.1) is 0 Å². The molecular weight excluding hydrogens is 342 g/mol. The number of nitrogens with zero attached hydrogens (tertiary/aromatic N) is 4. The Morgan fingerprint density at radius 1 is 0.926 bits per heavy atom. The van der Waals surface area contributed by atoms with Crippen LogP contribution in [-0.2, 0) is 4.79 Å². The Morgan fingerprint density at radius 2 is 1.63 bits per heavy atom. The van der Waals surface area contributed by atoms with Gasteiger partial charge in [0, 0.05) is 50.6 Å². The lowest BCUT2D eigenvalue weighted by Gasteiger charge is -2.36. The number of anilines is 2. The van der Waals surface area contributed by atoms with Gasteiger partial charge < -0.3 is 15.5 Å². The third kappa shape index (κ3) is 3.74. The summed E-state index contributed by atoms with van der Waals surface area (Å²) in [5.41, 5.74) is 7.79. The number of nitrogens with two attached hydrogens (primary N) is 1. The normalized spacial score (nSPS) is 23.4. The molecule has 3 aliphatic rings. The van der Waals surface area contributed by atoms with Crippen LogP contribution in [0.2, 0.25) is 0 Å². The summed E-state index contributed by atoms with van der Waals surface area (Å²) in [5.74, 6) is 0.0228. The number of piperazine rings is 1. The number of benzene rings is 1. The zero-order valence-corrected chi connectivity index (χ0v) is 15.8. The van der Waals surface area contributed by atoms with Crippen molar-refractivity contribution < 1.29 is 9.59 Å². The zero-order valence-electron chi connectivity index (χ0n) is 15.8. The van der Waals surface area contributed by atoms with Crippen LogP contribution in [0, 0.1) is 0 Å². The Morgan fingerprint density at radius 3 is 2.33 bits per heavy atom. The van der Waals surface area contributed by atoms with Crippen molar-refractivity contribution in [1.29, 1.82) is 0 Å². The molecule has 2 N–H and O–H groups in total. The smallest absolute Gasteiger partial charge is 0.327 e. The van der Waals surface area contributed by atoms with Crippen LogP contribution in [0.15, 0.2) is 24.3 Å². The maximum absolute atomic E-state index is 12.3. The van der Waals surface area contributed by atoms with Gasteiger partial charge in [0.1, 0.15) is 6.04 Å². The van der Waals surface area contributed by atoms with Crippen LogP contribution in [0.3, 0.4) is 0 Å². The fourth-order valence-corrected chi connectivity index (χ4v) is 4.41. The maximum atomic E-state index is 12.3. The Labute approximate surface area is 160 Å². The summed E-state index contributed by atoms with van der Waals surface area (Å²) in [6.45, 7) is 6.45. The summed E-state index contributed by atoms with van der Waals surface area (Å²) in [7, 11) is 0. The highest BCUT2D eigenvalue weighted by molar-refractivity contribution is 6.04. The topological polar surface area (TPSA) is 73.1 Å². The minimum absolute atomic E-state index is 0.0228. The van der Waals surface area contributed by atoms with Crippen molar-refractivity contribution in [2.75, 3.05) is 56.4 Å². The van der Waals surface area contributed by atoms with E-state index in [1.807, 2.05) is 12.1 Å². The average molecular weight is 371 g/mol. The van der Waals surface area contributed by atoms with Crippen LogP contribution in [0.4, 0.5) is 16.2 Å². The van der Waals surface area contributed by atoms with Crippen molar-refractivity contribution >= 4 is 23.3 Å². The Bertz CT molecular complexity index is 662. The van der Waals surface area contributed by atoms with E-state index in [2.05, 4.69) is 21.9 Å². The summed E-state index contributed by atoms with van der Waals surface area (Å²) < 4.78 is 0. The first-order chi connectivity index (χ1) is 13.1. The fourth-order valence-electron chi connectivity index (χ4n) is 4.41. The van der Waals surface area contributed by atoms with E-state index in [4.69, 9.17) is 5.73 Å². The first-order valence-corrected chi connectivity index (χ1v) is 10.1. The van der Waals surface area contributed by atoms with Crippen LogP contribution in [-0.4, -0.2) is 78.5 Å². The second-order valence-electron chi connectivity index (χ2n) is 7.75. The molecule has 7 nitrogen and oxygen atoms in total. The average Bonchev–Trinajstić information content (AvgIpc) is 3.25. The van der Waals surface area contributed by atoms with Gasteiger partial charge in [-0.1, -0.05) is 0 Å². The second-order valence-corrected chi connectivity index (χ2v) is 7.75. The van der Waals surface area contributed by atoms with Crippen LogP contribution in [0.5, 0.6) is 0 Å². The third-order valence-corrected chi connectivity index (χ3v) is 6.02. The van der Waals surface area contributed by atoms with Crippen LogP contribution in [0.1, 0.15) is 25.7 Å². The molecule has 0 saturated carbocycles. The lowest BCUT2D eigenvalue weighted by atomic mass is 10.2. The van der Waals surface area contributed by atoms with Crippen molar-refractivity contribution in [2.24, 2.45) is 0 Å². The molecule has 1 aromatic carbocycles. The molecule has 1 aromatic rings. The quantitative estimate of drug-likeness (QED) is 0.467. The molecule has 27 heavy (non-hydrogen) atoms. The fraction of sp³-hybridized carbons (Fsp3) is 0.600. The second kappa shape index (κ2) is 7.76. The molecule has 146 valence electrons. The predicted octanol–water partition coefficient (Wildman–Crippen LogP) is 1.60. The van der Waals surface area contributed by atoms with Gasteiger partial charge in [-0.15, -0.1) is 0 Å². The van der Waals surface area contributed by atoms with Gasteiger partial charge in [-0.3, -0.25) is 14.6 Å².